The molecule has 1 saturated carbocycles. The molecule has 9 heteroatoms. The van der Waals surface area contributed by atoms with Gasteiger partial charge < -0.3 is 14.9 Å². The predicted octanol–water partition coefficient (Wildman–Crippen LogP) is 2.71. The Hall–Kier alpha value is -1.87. The molecule has 7 nitrogen and oxygen atoms in total. The minimum absolute atomic E-state index is 0.0798. The van der Waals surface area contributed by atoms with E-state index in [1.165, 1.54) is 13.0 Å². The standard InChI is InChI=1S/C22H32FN3O4S/c1-2-31(29,30)24-16-4-9-20(19(23)14-16)25-12-3-10-22(15-25)11-13-26(21(22)28)17-5-7-18(27)8-6-17/h4,9,14,17-18,24,27H,2-3,5-8,10-13,15H2,1H3/t17?,18?,22-/m1/s1. The number of sulfonamides is 1. The van der Waals surface area contributed by atoms with Crippen LogP contribution in [0.2, 0.25) is 0 Å². The number of rotatable bonds is 5. The summed E-state index contributed by atoms with van der Waals surface area (Å²) in [6.45, 7) is 3.40. The quantitative estimate of drug-likeness (QED) is 0.716. The van der Waals surface area contributed by atoms with Crippen LogP contribution in [0.25, 0.3) is 0 Å². The van der Waals surface area contributed by atoms with E-state index < -0.39 is 21.3 Å². The number of aliphatic hydroxyl groups excluding tert-OH is 1. The highest BCUT2D eigenvalue weighted by Gasteiger charge is 2.50. The largest absolute Gasteiger partial charge is 0.393 e. The molecule has 0 aromatic heterocycles. The Labute approximate surface area is 183 Å². The predicted molar refractivity (Wildman–Crippen MR) is 118 cm³/mol. The molecular formula is C22H32FN3O4S. The van der Waals surface area contributed by atoms with E-state index in [-0.39, 0.29) is 29.5 Å². The summed E-state index contributed by atoms with van der Waals surface area (Å²) < 4.78 is 40.8. The lowest BCUT2D eigenvalue weighted by Gasteiger charge is -2.41. The molecule has 31 heavy (non-hydrogen) atoms. The zero-order valence-electron chi connectivity index (χ0n) is 18.0. The van der Waals surface area contributed by atoms with E-state index in [9.17, 15) is 22.7 Å². The van der Waals surface area contributed by atoms with Crippen LogP contribution in [0.3, 0.4) is 0 Å². The van der Waals surface area contributed by atoms with Crippen LogP contribution in [0.1, 0.15) is 51.9 Å². The van der Waals surface area contributed by atoms with Gasteiger partial charge in [0.2, 0.25) is 15.9 Å². The van der Waals surface area contributed by atoms with E-state index in [2.05, 4.69) is 4.72 Å². The number of hydrogen-bond acceptors (Lipinski definition) is 5. The fourth-order valence-electron chi connectivity index (χ4n) is 5.36. The second kappa shape index (κ2) is 8.58. The number of aliphatic hydroxyl groups is 1. The lowest BCUT2D eigenvalue weighted by atomic mass is 9.78. The van der Waals surface area contributed by atoms with Crippen LogP contribution in [-0.4, -0.2) is 61.9 Å². The molecule has 2 N–H and O–H groups in total. The summed E-state index contributed by atoms with van der Waals surface area (Å²) >= 11 is 0. The smallest absolute Gasteiger partial charge is 0.232 e. The molecule has 0 radical (unpaired) electrons. The Morgan fingerprint density at radius 1 is 1.19 bits per heavy atom. The summed E-state index contributed by atoms with van der Waals surface area (Å²) in [5.74, 6) is -0.396. The van der Waals surface area contributed by atoms with Gasteiger partial charge in [0.05, 0.1) is 28.6 Å². The maximum Gasteiger partial charge on any atom is 0.232 e. The molecule has 1 aromatic carbocycles. The first-order chi connectivity index (χ1) is 14.7. The maximum atomic E-state index is 14.9. The minimum Gasteiger partial charge on any atom is -0.393 e. The van der Waals surface area contributed by atoms with Crippen LogP contribution in [0.4, 0.5) is 15.8 Å². The van der Waals surface area contributed by atoms with Crippen molar-refractivity contribution in [3.05, 3.63) is 24.0 Å². The SMILES string of the molecule is CCS(=O)(=O)Nc1ccc(N2CCC[C@@]3(CCN(C4CCC(O)CC4)C3=O)C2)c(F)c1. The number of hydrogen-bond donors (Lipinski definition) is 2. The molecule has 1 spiro atoms. The van der Waals surface area contributed by atoms with E-state index in [0.717, 1.165) is 51.5 Å². The van der Waals surface area contributed by atoms with E-state index >= 15 is 0 Å². The molecule has 1 aromatic rings. The normalized spacial score (nSPS) is 29.6. The number of carbonyl (C=O) groups excluding carboxylic acids is 1. The molecule has 2 heterocycles. The summed E-state index contributed by atoms with van der Waals surface area (Å²) in [7, 11) is -3.47. The van der Waals surface area contributed by atoms with Gasteiger partial charge in [-0.2, -0.15) is 0 Å². The summed E-state index contributed by atoms with van der Waals surface area (Å²) in [6.07, 6.45) is 5.32. The van der Waals surface area contributed by atoms with Crippen molar-refractivity contribution in [1.29, 1.82) is 0 Å². The first-order valence-corrected chi connectivity index (χ1v) is 12.9. The Balaban J connectivity index is 1.48. The number of nitrogens with one attached hydrogen (secondary N) is 1. The molecule has 1 aliphatic carbocycles. The van der Waals surface area contributed by atoms with Crippen LogP contribution < -0.4 is 9.62 Å². The number of likely N-dealkylation sites (tertiary alicyclic amines) is 1. The Kier molecular flexibility index (Phi) is 6.18. The molecular weight excluding hydrogens is 421 g/mol. The average molecular weight is 454 g/mol. The molecule has 2 aliphatic heterocycles. The Morgan fingerprint density at radius 2 is 1.94 bits per heavy atom. The lowest BCUT2D eigenvalue weighted by molar-refractivity contribution is -0.139. The minimum atomic E-state index is -3.47. The fraction of sp³-hybridized carbons (Fsp3) is 0.682. The topological polar surface area (TPSA) is 90.0 Å². The van der Waals surface area contributed by atoms with E-state index in [4.69, 9.17) is 0 Å². The Morgan fingerprint density at radius 3 is 2.61 bits per heavy atom. The molecule has 1 amide bonds. The second-order valence-electron chi connectivity index (χ2n) is 9.19. The third-order valence-electron chi connectivity index (χ3n) is 7.17. The van der Waals surface area contributed by atoms with Gasteiger partial charge in [0, 0.05) is 31.7 Å². The number of benzene rings is 1. The molecule has 0 bridgehead atoms. The fourth-order valence-corrected chi connectivity index (χ4v) is 5.99. The third kappa shape index (κ3) is 4.53. The van der Waals surface area contributed by atoms with Gasteiger partial charge in [-0.25, -0.2) is 12.8 Å². The van der Waals surface area contributed by atoms with Gasteiger partial charge in [0.25, 0.3) is 0 Å². The highest BCUT2D eigenvalue weighted by atomic mass is 32.2. The van der Waals surface area contributed by atoms with Crippen LogP contribution in [-0.2, 0) is 14.8 Å². The molecule has 0 unspecified atom stereocenters. The van der Waals surface area contributed by atoms with Gasteiger partial charge in [0.15, 0.2) is 0 Å². The van der Waals surface area contributed by atoms with Gasteiger partial charge >= 0.3 is 0 Å². The molecule has 3 aliphatic rings. The summed E-state index contributed by atoms with van der Waals surface area (Å²) in [6, 6.07) is 4.58. The van der Waals surface area contributed by atoms with Crippen molar-refractivity contribution in [2.45, 2.75) is 64.0 Å². The number of halogens is 1. The van der Waals surface area contributed by atoms with E-state index in [1.807, 2.05) is 9.80 Å². The van der Waals surface area contributed by atoms with Gasteiger partial charge in [0.1, 0.15) is 5.82 Å². The van der Waals surface area contributed by atoms with Crippen LogP contribution >= 0.6 is 0 Å². The van der Waals surface area contributed by atoms with Crippen molar-refractivity contribution in [2.75, 3.05) is 35.0 Å². The highest BCUT2D eigenvalue weighted by molar-refractivity contribution is 7.92. The van der Waals surface area contributed by atoms with Crippen molar-refractivity contribution in [2.24, 2.45) is 5.41 Å². The monoisotopic (exact) mass is 453 g/mol. The van der Waals surface area contributed by atoms with Crippen molar-refractivity contribution in [1.82, 2.24) is 4.90 Å². The van der Waals surface area contributed by atoms with Crippen LogP contribution in [0.5, 0.6) is 0 Å². The van der Waals surface area contributed by atoms with Gasteiger partial charge in [-0.1, -0.05) is 0 Å². The number of piperidine rings is 1. The summed E-state index contributed by atoms with van der Waals surface area (Å²) in [5, 5.41) is 9.78. The number of amides is 1. The first-order valence-electron chi connectivity index (χ1n) is 11.3. The third-order valence-corrected chi connectivity index (χ3v) is 8.48. The maximum absolute atomic E-state index is 14.9. The van der Waals surface area contributed by atoms with Crippen LogP contribution in [0, 0.1) is 11.2 Å². The molecule has 3 fully saturated rings. The van der Waals surface area contributed by atoms with Gasteiger partial charge in [-0.05, 0) is 64.0 Å². The Bertz CT molecular complexity index is 933. The average Bonchev–Trinajstić information content (AvgIpc) is 3.04. The first kappa shape index (κ1) is 22.3. The molecule has 172 valence electrons. The van der Waals surface area contributed by atoms with Gasteiger partial charge in [-0.15, -0.1) is 0 Å². The van der Waals surface area contributed by atoms with Crippen molar-refractivity contribution in [3.63, 3.8) is 0 Å². The van der Waals surface area contributed by atoms with Crippen molar-refractivity contribution < 1.29 is 22.7 Å². The van der Waals surface area contributed by atoms with Crippen molar-refractivity contribution in [3.8, 4) is 0 Å². The summed E-state index contributed by atoms with van der Waals surface area (Å²) in [5.41, 5.74) is 0.131. The number of carbonyl (C=O) groups is 1. The van der Waals surface area contributed by atoms with Crippen molar-refractivity contribution >= 4 is 27.3 Å². The number of anilines is 2. The number of nitrogens with zero attached hydrogens (tertiary/aromatic N) is 2. The zero-order chi connectivity index (χ0) is 22.2. The molecule has 1 atom stereocenters. The van der Waals surface area contributed by atoms with Crippen LogP contribution in [0.15, 0.2) is 18.2 Å². The second-order valence-corrected chi connectivity index (χ2v) is 11.2. The summed E-state index contributed by atoms with van der Waals surface area (Å²) in [4.78, 5) is 17.4. The van der Waals surface area contributed by atoms with Gasteiger partial charge in [-0.3, -0.25) is 9.52 Å². The van der Waals surface area contributed by atoms with E-state index in [0.29, 0.717) is 18.8 Å². The molecule has 2 saturated heterocycles. The lowest BCUT2D eigenvalue weighted by Crippen LogP contribution is -2.50. The molecule has 4 rings (SSSR count). The van der Waals surface area contributed by atoms with E-state index in [1.54, 1.807) is 12.1 Å². The zero-order valence-corrected chi connectivity index (χ0v) is 18.8. The highest BCUT2D eigenvalue weighted by Crippen LogP contribution is 2.44.